The van der Waals surface area contributed by atoms with Crippen LogP contribution in [0.4, 0.5) is 21.8 Å². The minimum atomic E-state index is -0.396. The first-order valence-electron chi connectivity index (χ1n) is 8.99. The third kappa shape index (κ3) is 4.18. The van der Waals surface area contributed by atoms with Crippen LogP contribution in [0.25, 0.3) is 11.0 Å². The number of nitrogens with zero attached hydrogens (tertiary/aromatic N) is 3. The number of fused-ring (bicyclic) bond motifs is 1. The number of benzene rings is 2. The number of aryl methyl sites for hydroxylation is 1. The minimum absolute atomic E-state index is 0.215. The lowest BCUT2D eigenvalue weighted by atomic mass is 10.3. The first-order valence-corrected chi connectivity index (χ1v) is 9.37. The van der Waals surface area contributed by atoms with E-state index in [4.69, 9.17) is 16.3 Å². The van der Waals surface area contributed by atoms with Crippen LogP contribution in [0, 0.1) is 5.82 Å². The van der Waals surface area contributed by atoms with Crippen LogP contribution < -0.4 is 15.4 Å². The van der Waals surface area contributed by atoms with Gasteiger partial charge in [0.05, 0.1) is 21.7 Å². The van der Waals surface area contributed by atoms with E-state index in [-0.39, 0.29) is 5.91 Å². The second-order valence-corrected chi connectivity index (χ2v) is 6.96. The van der Waals surface area contributed by atoms with Crippen molar-refractivity contribution in [2.75, 3.05) is 10.6 Å². The molecule has 0 saturated carbocycles. The van der Waals surface area contributed by atoms with E-state index in [0.717, 1.165) is 5.52 Å². The smallest absolute Gasteiger partial charge is 0.222 e. The highest BCUT2D eigenvalue weighted by molar-refractivity contribution is 6.33. The molecule has 4 rings (SSSR count). The molecule has 7 nitrogen and oxygen atoms in total. The first kappa shape index (κ1) is 19.7. The second-order valence-electron chi connectivity index (χ2n) is 6.55. The predicted molar refractivity (Wildman–Crippen MR) is 114 cm³/mol. The number of ether oxygens (including phenoxy) is 1. The number of carbonyl (C=O) groups excluding carboxylic acids is 1. The summed E-state index contributed by atoms with van der Waals surface area (Å²) in [7, 11) is 1.84. The van der Waals surface area contributed by atoms with Gasteiger partial charge in [-0.2, -0.15) is 0 Å². The number of halogens is 2. The Bertz CT molecular complexity index is 1260. The number of aromatic nitrogens is 3. The van der Waals surface area contributed by atoms with E-state index in [1.165, 1.54) is 25.1 Å². The van der Waals surface area contributed by atoms with Crippen molar-refractivity contribution in [1.82, 2.24) is 14.5 Å². The molecule has 152 valence electrons. The molecule has 4 aromatic rings. The summed E-state index contributed by atoms with van der Waals surface area (Å²) in [6.45, 7) is 1.41. The number of hydrogen-bond donors (Lipinski definition) is 2. The maximum atomic E-state index is 13.5. The number of anilines is 3. The Morgan fingerprint density at radius 3 is 2.73 bits per heavy atom. The van der Waals surface area contributed by atoms with Gasteiger partial charge in [-0.3, -0.25) is 4.79 Å². The van der Waals surface area contributed by atoms with E-state index in [2.05, 4.69) is 20.6 Å². The highest BCUT2D eigenvalue weighted by Gasteiger charge is 2.12. The Labute approximate surface area is 176 Å². The molecular formula is C21H17ClFN5O2. The normalized spacial score (nSPS) is 10.8. The van der Waals surface area contributed by atoms with Gasteiger partial charge in [-0.15, -0.1) is 0 Å². The zero-order valence-corrected chi connectivity index (χ0v) is 16.9. The molecule has 0 radical (unpaired) electrons. The van der Waals surface area contributed by atoms with Crippen LogP contribution in [-0.2, 0) is 11.8 Å². The van der Waals surface area contributed by atoms with Gasteiger partial charge < -0.3 is 19.9 Å². The van der Waals surface area contributed by atoms with Crippen LogP contribution in [0.15, 0.2) is 54.7 Å². The summed E-state index contributed by atoms with van der Waals surface area (Å²) in [6.07, 6.45) is 1.55. The third-order valence-corrected chi connectivity index (χ3v) is 4.63. The van der Waals surface area contributed by atoms with Crippen LogP contribution in [0.2, 0.25) is 5.02 Å². The third-order valence-electron chi connectivity index (χ3n) is 4.30. The minimum Gasteiger partial charge on any atom is -0.457 e. The number of carbonyl (C=O) groups is 1. The molecule has 0 aliphatic rings. The standard InChI is InChI=1S/C21H17ClFN5O2/c1-12(29)25-20-11-15(7-8-24-20)30-14-4-6-19-18(10-14)27-21(28(19)2)26-17-9-13(23)3-5-16(17)22/h3-11H,1-2H3,(H,26,27)(H,24,25,29). The van der Waals surface area contributed by atoms with Crippen molar-refractivity contribution in [3.63, 3.8) is 0 Å². The number of rotatable bonds is 5. The molecule has 0 atom stereocenters. The lowest BCUT2D eigenvalue weighted by Gasteiger charge is -2.08. The van der Waals surface area contributed by atoms with Crippen molar-refractivity contribution < 1.29 is 13.9 Å². The predicted octanol–water partition coefficient (Wildman–Crippen LogP) is 5.26. The van der Waals surface area contributed by atoms with E-state index >= 15 is 0 Å². The molecule has 0 saturated heterocycles. The Kier molecular flexibility index (Phi) is 5.24. The van der Waals surface area contributed by atoms with Crippen molar-refractivity contribution in [1.29, 1.82) is 0 Å². The van der Waals surface area contributed by atoms with Crippen LogP contribution in [-0.4, -0.2) is 20.4 Å². The van der Waals surface area contributed by atoms with Crippen LogP contribution >= 0.6 is 11.6 Å². The topological polar surface area (TPSA) is 81.1 Å². The molecule has 0 fully saturated rings. The second kappa shape index (κ2) is 8.00. The molecule has 9 heteroatoms. The number of amides is 1. The maximum Gasteiger partial charge on any atom is 0.222 e. The molecular weight excluding hydrogens is 409 g/mol. The average molecular weight is 426 g/mol. The van der Waals surface area contributed by atoms with Gasteiger partial charge in [0.2, 0.25) is 11.9 Å². The number of nitrogens with one attached hydrogen (secondary N) is 2. The van der Waals surface area contributed by atoms with Gasteiger partial charge in [0, 0.05) is 32.3 Å². The van der Waals surface area contributed by atoms with Gasteiger partial charge in [0.25, 0.3) is 0 Å². The molecule has 2 N–H and O–H groups in total. The van der Waals surface area contributed by atoms with Gasteiger partial charge in [-0.1, -0.05) is 11.6 Å². The fraction of sp³-hybridized carbons (Fsp3) is 0.0952. The SMILES string of the molecule is CC(=O)Nc1cc(Oc2ccc3c(c2)nc(Nc2cc(F)ccc2Cl)n3C)ccn1. The molecule has 30 heavy (non-hydrogen) atoms. The average Bonchev–Trinajstić information content (AvgIpc) is 2.99. The number of pyridine rings is 1. The number of hydrogen-bond acceptors (Lipinski definition) is 5. The van der Waals surface area contributed by atoms with Gasteiger partial charge in [-0.25, -0.2) is 14.4 Å². The van der Waals surface area contributed by atoms with E-state index < -0.39 is 5.82 Å². The number of imidazole rings is 1. The largest absolute Gasteiger partial charge is 0.457 e. The summed E-state index contributed by atoms with van der Waals surface area (Å²) in [5.41, 5.74) is 1.96. The maximum absolute atomic E-state index is 13.5. The van der Waals surface area contributed by atoms with Gasteiger partial charge >= 0.3 is 0 Å². The van der Waals surface area contributed by atoms with Gasteiger partial charge in [0.15, 0.2) is 0 Å². The molecule has 2 aromatic carbocycles. The molecule has 0 bridgehead atoms. The first-order chi connectivity index (χ1) is 14.4. The van der Waals surface area contributed by atoms with Crippen LogP contribution in [0.5, 0.6) is 11.5 Å². The summed E-state index contributed by atoms with van der Waals surface area (Å²) in [5.74, 6) is 1.38. The van der Waals surface area contributed by atoms with E-state index in [1.54, 1.807) is 24.4 Å². The Balaban J connectivity index is 1.60. The Morgan fingerprint density at radius 1 is 1.13 bits per heavy atom. The molecule has 2 heterocycles. The highest BCUT2D eigenvalue weighted by atomic mass is 35.5. The Hall–Kier alpha value is -3.65. The van der Waals surface area contributed by atoms with E-state index in [0.29, 0.717) is 39.5 Å². The zero-order valence-electron chi connectivity index (χ0n) is 16.1. The monoisotopic (exact) mass is 425 g/mol. The van der Waals surface area contributed by atoms with Crippen molar-refractivity contribution in [3.8, 4) is 11.5 Å². The van der Waals surface area contributed by atoms with Crippen molar-refractivity contribution in [3.05, 3.63) is 65.6 Å². The summed E-state index contributed by atoms with van der Waals surface area (Å²) >= 11 is 6.14. The molecule has 1 amide bonds. The fourth-order valence-corrected chi connectivity index (χ4v) is 3.09. The quantitative estimate of drug-likeness (QED) is 0.456. The summed E-state index contributed by atoms with van der Waals surface area (Å²) in [5, 5.41) is 6.06. The van der Waals surface area contributed by atoms with E-state index in [9.17, 15) is 9.18 Å². The molecule has 0 aliphatic heterocycles. The van der Waals surface area contributed by atoms with Gasteiger partial charge in [0.1, 0.15) is 23.1 Å². The molecule has 0 aliphatic carbocycles. The molecule has 0 unspecified atom stereocenters. The summed E-state index contributed by atoms with van der Waals surface area (Å²) in [4.78, 5) is 19.8. The van der Waals surface area contributed by atoms with Crippen molar-refractivity contribution in [2.45, 2.75) is 6.92 Å². The van der Waals surface area contributed by atoms with Crippen molar-refractivity contribution >= 4 is 46.0 Å². The Morgan fingerprint density at radius 2 is 1.93 bits per heavy atom. The fourth-order valence-electron chi connectivity index (χ4n) is 2.93. The van der Waals surface area contributed by atoms with Gasteiger partial charge in [-0.05, 0) is 36.4 Å². The lowest BCUT2D eigenvalue weighted by molar-refractivity contribution is -0.114. The van der Waals surface area contributed by atoms with Crippen LogP contribution in [0.1, 0.15) is 6.92 Å². The summed E-state index contributed by atoms with van der Waals surface area (Å²) in [6, 6.07) is 12.9. The molecule has 0 spiro atoms. The van der Waals surface area contributed by atoms with Crippen molar-refractivity contribution in [2.24, 2.45) is 7.05 Å². The van der Waals surface area contributed by atoms with E-state index in [1.807, 2.05) is 23.7 Å². The lowest BCUT2D eigenvalue weighted by Crippen LogP contribution is -2.07. The highest BCUT2D eigenvalue weighted by Crippen LogP contribution is 2.30. The molecule has 2 aromatic heterocycles. The zero-order chi connectivity index (χ0) is 21.3. The summed E-state index contributed by atoms with van der Waals surface area (Å²) < 4.78 is 21.3. The van der Waals surface area contributed by atoms with Crippen LogP contribution in [0.3, 0.4) is 0 Å².